The van der Waals surface area contributed by atoms with Crippen molar-refractivity contribution in [3.63, 3.8) is 0 Å². The van der Waals surface area contributed by atoms with Crippen LogP contribution in [0.25, 0.3) is 0 Å². The van der Waals surface area contributed by atoms with Gasteiger partial charge in [-0.2, -0.15) is 0 Å². The zero-order chi connectivity index (χ0) is 8.93. The SMILES string of the molecule is C1=COC(CCc2ccccc2)O1. The van der Waals surface area contributed by atoms with E-state index in [2.05, 4.69) is 12.1 Å². The van der Waals surface area contributed by atoms with Crippen LogP contribution in [0.5, 0.6) is 0 Å². The normalized spacial score (nSPS) is 15.4. The van der Waals surface area contributed by atoms with Crippen LogP contribution in [-0.4, -0.2) is 6.29 Å². The standard InChI is InChI=1S/C11H12O2/c1-2-4-10(5-3-1)6-7-11-12-8-9-13-11/h1-5,8-9,11H,6-7H2. The first-order valence-corrected chi connectivity index (χ1v) is 4.45. The molecule has 0 saturated carbocycles. The fourth-order valence-corrected chi connectivity index (χ4v) is 1.34. The van der Waals surface area contributed by atoms with Crippen molar-refractivity contribution in [3.05, 3.63) is 48.4 Å². The van der Waals surface area contributed by atoms with Crippen LogP contribution in [0.1, 0.15) is 12.0 Å². The summed E-state index contributed by atoms with van der Waals surface area (Å²) in [7, 11) is 0. The molecule has 2 heteroatoms. The highest BCUT2D eigenvalue weighted by Gasteiger charge is 2.11. The van der Waals surface area contributed by atoms with Gasteiger partial charge >= 0.3 is 0 Å². The van der Waals surface area contributed by atoms with Gasteiger partial charge < -0.3 is 9.47 Å². The third kappa shape index (κ3) is 2.25. The highest BCUT2D eigenvalue weighted by Crippen LogP contribution is 2.12. The van der Waals surface area contributed by atoms with Crippen molar-refractivity contribution in [1.29, 1.82) is 0 Å². The third-order valence-electron chi connectivity index (χ3n) is 2.03. The first-order chi connectivity index (χ1) is 6.45. The van der Waals surface area contributed by atoms with E-state index in [0.29, 0.717) is 0 Å². The van der Waals surface area contributed by atoms with Gasteiger partial charge in [-0.25, -0.2) is 0 Å². The molecule has 0 saturated heterocycles. The Morgan fingerprint density at radius 2 is 1.69 bits per heavy atom. The van der Waals surface area contributed by atoms with Crippen LogP contribution >= 0.6 is 0 Å². The molecular formula is C11H12O2. The van der Waals surface area contributed by atoms with E-state index in [1.54, 1.807) is 12.5 Å². The van der Waals surface area contributed by atoms with Gasteiger partial charge in [0.15, 0.2) is 0 Å². The van der Waals surface area contributed by atoms with Crippen molar-refractivity contribution in [3.8, 4) is 0 Å². The Balaban J connectivity index is 1.80. The van der Waals surface area contributed by atoms with Crippen molar-refractivity contribution >= 4 is 0 Å². The molecule has 0 aliphatic carbocycles. The van der Waals surface area contributed by atoms with Crippen LogP contribution in [0.3, 0.4) is 0 Å². The molecule has 0 bridgehead atoms. The van der Waals surface area contributed by atoms with Crippen molar-refractivity contribution < 1.29 is 9.47 Å². The minimum absolute atomic E-state index is 0.0831. The van der Waals surface area contributed by atoms with Crippen LogP contribution in [0, 0.1) is 0 Å². The lowest BCUT2D eigenvalue weighted by atomic mass is 10.1. The molecule has 1 aliphatic heterocycles. The lowest BCUT2D eigenvalue weighted by Crippen LogP contribution is -2.08. The van der Waals surface area contributed by atoms with Gasteiger partial charge in [-0.05, 0) is 12.0 Å². The molecule has 1 heterocycles. The fourth-order valence-electron chi connectivity index (χ4n) is 1.34. The first kappa shape index (κ1) is 8.17. The monoisotopic (exact) mass is 176 g/mol. The van der Waals surface area contributed by atoms with E-state index in [0.717, 1.165) is 12.8 Å². The third-order valence-corrected chi connectivity index (χ3v) is 2.03. The van der Waals surface area contributed by atoms with Crippen LogP contribution in [0.15, 0.2) is 42.9 Å². The quantitative estimate of drug-likeness (QED) is 0.704. The van der Waals surface area contributed by atoms with Crippen molar-refractivity contribution in [2.75, 3.05) is 0 Å². The highest BCUT2D eigenvalue weighted by atomic mass is 16.7. The minimum atomic E-state index is -0.0831. The molecule has 1 aliphatic rings. The molecule has 0 fully saturated rings. The Kier molecular flexibility index (Phi) is 2.51. The average Bonchev–Trinajstić information content (AvgIpc) is 2.69. The van der Waals surface area contributed by atoms with Crippen LogP contribution in [0.4, 0.5) is 0 Å². The molecule has 0 N–H and O–H groups in total. The average molecular weight is 176 g/mol. The summed E-state index contributed by atoms with van der Waals surface area (Å²) >= 11 is 0. The van der Waals surface area contributed by atoms with Crippen molar-refractivity contribution in [2.45, 2.75) is 19.1 Å². The summed E-state index contributed by atoms with van der Waals surface area (Å²) in [5.74, 6) is 0. The molecule has 0 unspecified atom stereocenters. The Morgan fingerprint density at radius 3 is 2.38 bits per heavy atom. The summed E-state index contributed by atoms with van der Waals surface area (Å²) in [6, 6.07) is 10.3. The van der Waals surface area contributed by atoms with E-state index in [1.165, 1.54) is 5.56 Å². The predicted octanol–water partition coefficient (Wildman–Crippen LogP) is 2.46. The van der Waals surface area contributed by atoms with Gasteiger partial charge in [0.2, 0.25) is 6.29 Å². The lowest BCUT2D eigenvalue weighted by Gasteiger charge is -2.09. The molecular weight excluding hydrogens is 164 g/mol. The Hall–Kier alpha value is -1.44. The molecule has 1 aromatic rings. The maximum absolute atomic E-state index is 5.17. The molecule has 0 atom stereocenters. The maximum Gasteiger partial charge on any atom is 0.240 e. The number of benzene rings is 1. The zero-order valence-electron chi connectivity index (χ0n) is 7.35. The molecule has 68 valence electrons. The Bertz CT molecular complexity index is 271. The van der Waals surface area contributed by atoms with Gasteiger partial charge in [0.25, 0.3) is 0 Å². The second kappa shape index (κ2) is 3.99. The summed E-state index contributed by atoms with van der Waals surface area (Å²) in [4.78, 5) is 0. The summed E-state index contributed by atoms with van der Waals surface area (Å²) < 4.78 is 10.3. The van der Waals surface area contributed by atoms with E-state index in [-0.39, 0.29) is 6.29 Å². The van der Waals surface area contributed by atoms with Gasteiger partial charge in [-0.3, -0.25) is 0 Å². The van der Waals surface area contributed by atoms with Gasteiger partial charge in [-0.15, -0.1) is 0 Å². The summed E-state index contributed by atoms with van der Waals surface area (Å²) in [6.07, 6.45) is 5.00. The van der Waals surface area contributed by atoms with Crippen LogP contribution < -0.4 is 0 Å². The minimum Gasteiger partial charge on any atom is -0.459 e. The topological polar surface area (TPSA) is 18.5 Å². The van der Waals surface area contributed by atoms with Crippen LogP contribution in [-0.2, 0) is 15.9 Å². The number of hydrogen-bond donors (Lipinski definition) is 0. The number of hydrogen-bond acceptors (Lipinski definition) is 2. The van der Waals surface area contributed by atoms with Crippen molar-refractivity contribution in [1.82, 2.24) is 0 Å². The predicted molar refractivity (Wildman–Crippen MR) is 49.9 cm³/mol. The molecule has 0 aromatic heterocycles. The molecule has 0 amide bonds. The molecule has 1 aromatic carbocycles. The summed E-state index contributed by atoms with van der Waals surface area (Å²) in [5.41, 5.74) is 1.32. The summed E-state index contributed by atoms with van der Waals surface area (Å²) in [5, 5.41) is 0. The van der Waals surface area contributed by atoms with E-state index < -0.39 is 0 Å². The van der Waals surface area contributed by atoms with E-state index >= 15 is 0 Å². The van der Waals surface area contributed by atoms with Gasteiger partial charge in [0, 0.05) is 6.42 Å². The summed E-state index contributed by atoms with van der Waals surface area (Å²) in [6.45, 7) is 0. The Morgan fingerprint density at radius 1 is 1.00 bits per heavy atom. The van der Waals surface area contributed by atoms with Gasteiger partial charge in [-0.1, -0.05) is 30.3 Å². The van der Waals surface area contributed by atoms with Crippen LogP contribution in [0.2, 0.25) is 0 Å². The number of ether oxygens (including phenoxy) is 2. The molecule has 2 nitrogen and oxygen atoms in total. The molecule has 0 spiro atoms. The number of rotatable bonds is 3. The molecule has 0 radical (unpaired) electrons. The van der Waals surface area contributed by atoms with E-state index in [1.807, 2.05) is 18.2 Å². The lowest BCUT2D eigenvalue weighted by molar-refractivity contribution is -0.0275. The van der Waals surface area contributed by atoms with Crippen molar-refractivity contribution in [2.24, 2.45) is 0 Å². The maximum atomic E-state index is 5.17. The van der Waals surface area contributed by atoms with E-state index in [4.69, 9.17) is 9.47 Å². The Labute approximate surface area is 77.8 Å². The smallest absolute Gasteiger partial charge is 0.240 e. The first-order valence-electron chi connectivity index (χ1n) is 4.45. The highest BCUT2D eigenvalue weighted by molar-refractivity contribution is 5.14. The van der Waals surface area contributed by atoms with Gasteiger partial charge in [0.1, 0.15) is 12.5 Å². The van der Waals surface area contributed by atoms with Gasteiger partial charge in [0.05, 0.1) is 0 Å². The zero-order valence-corrected chi connectivity index (χ0v) is 7.35. The second-order valence-electron chi connectivity index (χ2n) is 3.00. The molecule has 13 heavy (non-hydrogen) atoms. The fraction of sp³-hybridized carbons (Fsp3) is 0.273. The largest absolute Gasteiger partial charge is 0.459 e. The number of aryl methyl sites for hydroxylation is 1. The second-order valence-corrected chi connectivity index (χ2v) is 3.00. The molecule has 2 rings (SSSR count). The van der Waals surface area contributed by atoms with E-state index in [9.17, 15) is 0 Å².